The smallest absolute Gasteiger partial charge is 0.252 e. The summed E-state index contributed by atoms with van der Waals surface area (Å²) in [6, 6.07) is 10.1. The number of aryl methyl sites for hydroxylation is 1. The molecular formula is C26H33N5O2. The Labute approximate surface area is 195 Å². The summed E-state index contributed by atoms with van der Waals surface area (Å²) in [5.74, 6) is 0.0624. The first-order valence-electron chi connectivity index (χ1n) is 11.8. The topological polar surface area (TPSA) is 80.1 Å². The number of fused-ring (bicyclic) bond motifs is 1. The van der Waals surface area contributed by atoms with Crippen LogP contribution in [0.2, 0.25) is 0 Å². The van der Waals surface area contributed by atoms with Gasteiger partial charge in [0.05, 0.1) is 22.8 Å². The van der Waals surface area contributed by atoms with Crippen LogP contribution in [-0.4, -0.2) is 50.6 Å². The van der Waals surface area contributed by atoms with Gasteiger partial charge in [0.1, 0.15) is 0 Å². The molecule has 3 aromatic rings. The molecule has 1 saturated heterocycles. The molecule has 2 amide bonds. The fourth-order valence-electron chi connectivity index (χ4n) is 4.45. The molecule has 1 fully saturated rings. The number of amides is 2. The maximum absolute atomic E-state index is 13.4. The molecule has 1 aromatic carbocycles. The first-order chi connectivity index (χ1) is 15.8. The third-order valence-corrected chi connectivity index (χ3v) is 6.36. The van der Waals surface area contributed by atoms with Crippen LogP contribution in [0.5, 0.6) is 0 Å². The number of piperidine rings is 1. The van der Waals surface area contributed by atoms with Gasteiger partial charge in [0.2, 0.25) is 5.91 Å². The Kier molecular flexibility index (Phi) is 6.49. The molecule has 33 heavy (non-hydrogen) atoms. The van der Waals surface area contributed by atoms with E-state index < -0.39 is 0 Å². The number of likely N-dealkylation sites (tertiary alicyclic amines) is 1. The van der Waals surface area contributed by atoms with E-state index in [-0.39, 0.29) is 29.8 Å². The number of aromatic nitrogens is 3. The van der Waals surface area contributed by atoms with Gasteiger partial charge in [-0.05, 0) is 45.2 Å². The van der Waals surface area contributed by atoms with E-state index in [1.807, 2.05) is 60.7 Å². The Morgan fingerprint density at radius 1 is 1.09 bits per heavy atom. The fourth-order valence-corrected chi connectivity index (χ4v) is 4.45. The molecule has 1 aliphatic rings. The number of nitrogens with one attached hydrogen (secondary N) is 1. The van der Waals surface area contributed by atoms with Gasteiger partial charge >= 0.3 is 0 Å². The summed E-state index contributed by atoms with van der Waals surface area (Å²) >= 11 is 0. The summed E-state index contributed by atoms with van der Waals surface area (Å²) in [6.07, 6.45) is 3.26. The zero-order chi connectivity index (χ0) is 23.7. The van der Waals surface area contributed by atoms with Crippen molar-refractivity contribution in [3.8, 4) is 11.3 Å². The third-order valence-electron chi connectivity index (χ3n) is 6.36. The lowest BCUT2D eigenvalue weighted by molar-refractivity contribution is -0.135. The van der Waals surface area contributed by atoms with Crippen molar-refractivity contribution in [3.05, 3.63) is 47.7 Å². The normalized spacial score (nSPS) is 14.9. The molecule has 0 aliphatic carbocycles. The molecule has 4 rings (SSSR count). The molecule has 3 heterocycles. The molecule has 0 saturated carbocycles. The van der Waals surface area contributed by atoms with Crippen molar-refractivity contribution in [2.75, 3.05) is 13.1 Å². The molecule has 2 aromatic heterocycles. The van der Waals surface area contributed by atoms with Crippen LogP contribution in [0.15, 0.2) is 36.5 Å². The van der Waals surface area contributed by atoms with Crippen molar-refractivity contribution < 1.29 is 9.59 Å². The molecule has 1 N–H and O–H groups in total. The van der Waals surface area contributed by atoms with Gasteiger partial charge in [-0.3, -0.25) is 9.59 Å². The number of hydrogen-bond donors (Lipinski definition) is 1. The first kappa shape index (κ1) is 23.0. The number of hydrogen-bond acceptors (Lipinski definition) is 4. The van der Waals surface area contributed by atoms with Gasteiger partial charge in [-0.15, -0.1) is 0 Å². The van der Waals surface area contributed by atoms with E-state index in [0.29, 0.717) is 24.3 Å². The number of pyridine rings is 1. The summed E-state index contributed by atoms with van der Waals surface area (Å²) < 4.78 is 1.86. The Hall–Kier alpha value is -3.22. The van der Waals surface area contributed by atoms with Crippen molar-refractivity contribution in [2.24, 2.45) is 5.92 Å². The van der Waals surface area contributed by atoms with Crippen molar-refractivity contribution in [2.45, 2.75) is 59.5 Å². The number of carbonyl (C=O) groups excluding carboxylic acids is 2. The van der Waals surface area contributed by atoms with E-state index in [0.717, 1.165) is 35.0 Å². The highest BCUT2D eigenvalue weighted by Gasteiger charge is 2.26. The van der Waals surface area contributed by atoms with E-state index in [4.69, 9.17) is 4.98 Å². The largest absolute Gasteiger partial charge is 0.349 e. The first-order valence-corrected chi connectivity index (χ1v) is 11.8. The molecule has 7 nitrogen and oxygen atoms in total. The van der Waals surface area contributed by atoms with Crippen LogP contribution < -0.4 is 5.32 Å². The van der Waals surface area contributed by atoms with Crippen LogP contribution in [0, 0.1) is 12.8 Å². The molecule has 174 valence electrons. The lowest BCUT2D eigenvalue weighted by atomic mass is 10.0. The maximum Gasteiger partial charge on any atom is 0.252 e. The second-order valence-electron chi connectivity index (χ2n) is 9.52. The Balaban J connectivity index is 1.63. The summed E-state index contributed by atoms with van der Waals surface area (Å²) in [5, 5.41) is 8.48. The van der Waals surface area contributed by atoms with Crippen LogP contribution in [0.4, 0.5) is 0 Å². The Bertz CT molecular complexity index is 1170. The zero-order valence-corrected chi connectivity index (χ0v) is 20.1. The lowest BCUT2D eigenvalue weighted by Crippen LogP contribution is -2.47. The number of carbonyl (C=O) groups is 2. The summed E-state index contributed by atoms with van der Waals surface area (Å²) in [7, 11) is 0. The van der Waals surface area contributed by atoms with Gasteiger partial charge in [-0.1, -0.05) is 38.1 Å². The summed E-state index contributed by atoms with van der Waals surface area (Å²) in [6.45, 7) is 11.4. The van der Waals surface area contributed by atoms with Crippen molar-refractivity contribution >= 4 is 22.8 Å². The molecule has 0 bridgehead atoms. The molecule has 0 radical (unpaired) electrons. The highest BCUT2D eigenvalue weighted by atomic mass is 16.2. The van der Waals surface area contributed by atoms with Crippen molar-refractivity contribution in [1.82, 2.24) is 25.0 Å². The molecule has 7 heteroatoms. The zero-order valence-electron chi connectivity index (χ0n) is 20.1. The average Bonchev–Trinajstić information content (AvgIpc) is 3.23. The molecular weight excluding hydrogens is 414 g/mol. The van der Waals surface area contributed by atoms with Crippen LogP contribution in [-0.2, 0) is 4.79 Å². The lowest BCUT2D eigenvalue weighted by Gasteiger charge is -2.33. The predicted molar refractivity (Wildman–Crippen MR) is 130 cm³/mol. The van der Waals surface area contributed by atoms with Crippen LogP contribution >= 0.6 is 0 Å². The molecule has 1 aliphatic heterocycles. The quantitative estimate of drug-likeness (QED) is 0.630. The van der Waals surface area contributed by atoms with E-state index in [1.54, 1.807) is 6.20 Å². The third kappa shape index (κ3) is 4.63. The molecule has 0 unspecified atom stereocenters. The molecule has 0 spiro atoms. The van der Waals surface area contributed by atoms with Gasteiger partial charge in [-0.2, -0.15) is 5.10 Å². The predicted octanol–water partition coefficient (Wildman–Crippen LogP) is 4.36. The summed E-state index contributed by atoms with van der Waals surface area (Å²) in [5.41, 5.74) is 4.18. The molecule has 0 atom stereocenters. The minimum Gasteiger partial charge on any atom is -0.349 e. The van der Waals surface area contributed by atoms with Crippen LogP contribution in [0.25, 0.3) is 22.3 Å². The van der Waals surface area contributed by atoms with E-state index in [1.165, 1.54) is 0 Å². The second-order valence-corrected chi connectivity index (χ2v) is 9.52. The van der Waals surface area contributed by atoms with Gasteiger partial charge in [0.25, 0.3) is 5.91 Å². The van der Waals surface area contributed by atoms with E-state index >= 15 is 0 Å². The average molecular weight is 448 g/mol. The minimum atomic E-state index is -0.117. The Morgan fingerprint density at radius 3 is 2.42 bits per heavy atom. The SMILES string of the molecule is Cc1ccccc1-c1cc(C(=O)NC2CCN(C(=O)C(C)C)CC2)c2cnn(C(C)C)c2n1. The van der Waals surface area contributed by atoms with Crippen LogP contribution in [0.1, 0.15) is 62.5 Å². The standard InChI is InChI=1S/C26H33N5O2/c1-16(2)26(33)30-12-10-19(11-13-30)28-25(32)21-14-23(20-9-7-6-8-18(20)5)29-24-22(21)15-27-31(24)17(3)4/h6-9,14-17,19H,10-13H2,1-5H3,(H,28,32). The fraction of sp³-hybridized carbons (Fsp3) is 0.462. The number of benzene rings is 1. The maximum atomic E-state index is 13.4. The van der Waals surface area contributed by atoms with E-state index in [2.05, 4.69) is 24.3 Å². The van der Waals surface area contributed by atoms with Crippen molar-refractivity contribution in [1.29, 1.82) is 0 Å². The highest BCUT2D eigenvalue weighted by Crippen LogP contribution is 2.28. The van der Waals surface area contributed by atoms with Gasteiger partial charge < -0.3 is 10.2 Å². The number of nitrogens with zero attached hydrogens (tertiary/aromatic N) is 4. The summed E-state index contributed by atoms with van der Waals surface area (Å²) in [4.78, 5) is 32.5. The van der Waals surface area contributed by atoms with Gasteiger partial charge in [0.15, 0.2) is 5.65 Å². The second kappa shape index (κ2) is 9.33. The minimum absolute atomic E-state index is 0.00129. The van der Waals surface area contributed by atoms with Crippen LogP contribution in [0.3, 0.4) is 0 Å². The van der Waals surface area contributed by atoms with Gasteiger partial charge in [0, 0.05) is 36.7 Å². The number of rotatable bonds is 5. The van der Waals surface area contributed by atoms with Crippen molar-refractivity contribution in [3.63, 3.8) is 0 Å². The van der Waals surface area contributed by atoms with E-state index in [9.17, 15) is 9.59 Å². The highest BCUT2D eigenvalue weighted by molar-refractivity contribution is 6.06. The monoisotopic (exact) mass is 447 g/mol. The Morgan fingerprint density at radius 2 is 1.79 bits per heavy atom. The van der Waals surface area contributed by atoms with Gasteiger partial charge in [-0.25, -0.2) is 9.67 Å².